The predicted molar refractivity (Wildman–Crippen MR) is 125 cm³/mol. The Morgan fingerprint density at radius 2 is 1.73 bits per heavy atom. The van der Waals surface area contributed by atoms with E-state index in [1.54, 1.807) is 0 Å². The van der Waals surface area contributed by atoms with Crippen LogP contribution in [0.4, 0.5) is 0 Å². The molecule has 1 heterocycles. The maximum atomic E-state index is 13.4. The number of ketones is 1. The Balaban J connectivity index is 1.81. The number of hydrogen-bond donors (Lipinski definition) is 3. The van der Waals surface area contributed by atoms with Crippen molar-refractivity contribution < 1.29 is 24.9 Å². The van der Waals surface area contributed by atoms with Crippen LogP contribution in [0.3, 0.4) is 0 Å². The van der Waals surface area contributed by atoms with E-state index >= 15 is 0 Å². The number of Topliss-reactive ketones (excluding diaryl/α,β-unsaturated/α-hetero) is 1. The molecule has 6 nitrogen and oxygen atoms in total. The number of aromatic hydroxyl groups is 2. The second-order valence-corrected chi connectivity index (χ2v) is 9.72. The van der Waals surface area contributed by atoms with Crippen LogP contribution in [0.2, 0.25) is 0 Å². The molecule has 0 saturated heterocycles. The molecule has 4 rings (SSSR count). The van der Waals surface area contributed by atoms with Crippen molar-refractivity contribution in [2.24, 2.45) is 5.92 Å². The van der Waals surface area contributed by atoms with Crippen LogP contribution in [0.25, 0.3) is 0 Å². The summed E-state index contributed by atoms with van der Waals surface area (Å²) in [7, 11) is 0. The number of benzene rings is 2. The molecule has 0 bridgehead atoms. The van der Waals surface area contributed by atoms with E-state index in [-0.39, 0.29) is 40.6 Å². The van der Waals surface area contributed by atoms with Crippen molar-refractivity contribution >= 4 is 11.7 Å². The summed E-state index contributed by atoms with van der Waals surface area (Å²) in [4.78, 5) is 28.1. The molecular formula is C27H31NO5. The summed E-state index contributed by atoms with van der Waals surface area (Å²) in [5, 5.41) is 31.3. The van der Waals surface area contributed by atoms with Gasteiger partial charge in [0.15, 0.2) is 11.5 Å². The first-order valence-electron chi connectivity index (χ1n) is 11.6. The smallest absolute Gasteiger partial charge is 0.290 e. The lowest BCUT2D eigenvalue weighted by atomic mass is 9.78. The fourth-order valence-electron chi connectivity index (χ4n) is 5.38. The number of aliphatic hydroxyl groups excluding tert-OH is 1. The number of aliphatic hydroxyl groups is 1. The van der Waals surface area contributed by atoms with E-state index in [4.69, 9.17) is 0 Å². The van der Waals surface area contributed by atoms with E-state index < -0.39 is 17.7 Å². The molecule has 1 amide bonds. The van der Waals surface area contributed by atoms with Gasteiger partial charge in [-0.05, 0) is 36.5 Å². The minimum atomic E-state index is -0.912. The molecule has 33 heavy (non-hydrogen) atoms. The number of phenols is 2. The van der Waals surface area contributed by atoms with E-state index in [9.17, 15) is 24.9 Å². The normalized spacial score (nSPS) is 20.2. The van der Waals surface area contributed by atoms with Crippen LogP contribution in [-0.4, -0.2) is 38.5 Å². The van der Waals surface area contributed by atoms with E-state index in [1.165, 1.54) is 23.1 Å². The standard InChI is InChI=1S/C27H31NO5/c1-17(2)14-22(31)23-24(20-11-10-19(29)15-21(20)30)28(26(33)25(23)32)16-27(12-6-7-13-27)18-8-4-3-5-9-18/h3-5,8-11,15,17,24,29-30,32H,6-7,12-14,16H2,1-2H3. The number of nitrogens with zero attached hydrogens (tertiary/aromatic N) is 1. The third kappa shape index (κ3) is 4.22. The van der Waals surface area contributed by atoms with Crippen LogP contribution in [0.1, 0.15) is 63.1 Å². The summed E-state index contributed by atoms with van der Waals surface area (Å²) >= 11 is 0. The highest BCUT2D eigenvalue weighted by atomic mass is 16.3. The van der Waals surface area contributed by atoms with Crippen LogP contribution in [0, 0.1) is 5.92 Å². The molecule has 0 radical (unpaired) electrons. The van der Waals surface area contributed by atoms with Crippen molar-refractivity contribution in [3.63, 3.8) is 0 Å². The maximum absolute atomic E-state index is 13.4. The monoisotopic (exact) mass is 449 g/mol. The fourth-order valence-corrected chi connectivity index (χ4v) is 5.38. The SMILES string of the molecule is CC(C)CC(=O)C1=C(O)C(=O)N(CC2(c3ccccc3)CCCC2)C1c1ccc(O)cc1O. The number of phenolic OH excluding ortho intramolecular Hbond substituents is 2. The molecule has 1 atom stereocenters. The minimum Gasteiger partial charge on any atom is -0.508 e. The molecule has 2 aromatic carbocycles. The van der Waals surface area contributed by atoms with Crippen LogP contribution < -0.4 is 0 Å². The third-order valence-corrected chi connectivity index (χ3v) is 6.93. The first-order chi connectivity index (χ1) is 15.7. The number of carbonyl (C=O) groups is 2. The van der Waals surface area contributed by atoms with Gasteiger partial charge in [0.1, 0.15) is 11.5 Å². The van der Waals surface area contributed by atoms with Gasteiger partial charge in [-0.1, -0.05) is 57.0 Å². The summed E-state index contributed by atoms with van der Waals surface area (Å²) in [5.41, 5.74) is 1.18. The van der Waals surface area contributed by atoms with Gasteiger partial charge in [0, 0.05) is 30.0 Å². The number of amides is 1. The Morgan fingerprint density at radius 3 is 2.33 bits per heavy atom. The van der Waals surface area contributed by atoms with Gasteiger partial charge in [0.2, 0.25) is 0 Å². The highest BCUT2D eigenvalue weighted by Gasteiger charge is 2.48. The Kier molecular flexibility index (Phi) is 6.19. The zero-order valence-electron chi connectivity index (χ0n) is 19.1. The molecule has 1 unspecified atom stereocenters. The van der Waals surface area contributed by atoms with Gasteiger partial charge in [0.05, 0.1) is 11.6 Å². The lowest BCUT2D eigenvalue weighted by Crippen LogP contribution is -2.42. The largest absolute Gasteiger partial charge is 0.508 e. The van der Waals surface area contributed by atoms with Crippen molar-refractivity contribution in [1.29, 1.82) is 0 Å². The van der Waals surface area contributed by atoms with Gasteiger partial charge < -0.3 is 20.2 Å². The highest BCUT2D eigenvalue weighted by molar-refractivity contribution is 6.09. The molecule has 0 aromatic heterocycles. The molecule has 6 heteroatoms. The van der Waals surface area contributed by atoms with Crippen molar-refractivity contribution in [3.8, 4) is 11.5 Å². The molecular weight excluding hydrogens is 418 g/mol. The highest BCUT2D eigenvalue weighted by Crippen LogP contribution is 2.48. The van der Waals surface area contributed by atoms with E-state index in [0.29, 0.717) is 12.1 Å². The van der Waals surface area contributed by atoms with Gasteiger partial charge in [-0.3, -0.25) is 9.59 Å². The minimum absolute atomic E-state index is 0.0240. The average molecular weight is 450 g/mol. The molecule has 1 fully saturated rings. The van der Waals surface area contributed by atoms with E-state index in [1.807, 2.05) is 32.0 Å². The van der Waals surface area contributed by atoms with Crippen LogP contribution in [-0.2, 0) is 15.0 Å². The molecule has 0 spiro atoms. The maximum Gasteiger partial charge on any atom is 0.290 e. The Labute approximate surface area is 194 Å². The average Bonchev–Trinajstić information content (AvgIpc) is 3.34. The topological polar surface area (TPSA) is 98.1 Å². The number of rotatable bonds is 7. The third-order valence-electron chi connectivity index (χ3n) is 6.93. The summed E-state index contributed by atoms with van der Waals surface area (Å²) in [6, 6.07) is 13.3. The number of carbonyl (C=O) groups excluding carboxylic acids is 2. The van der Waals surface area contributed by atoms with Crippen molar-refractivity contribution in [2.45, 2.75) is 57.4 Å². The zero-order valence-corrected chi connectivity index (χ0v) is 19.1. The quantitative estimate of drug-likeness (QED) is 0.557. The molecule has 1 aliphatic carbocycles. The van der Waals surface area contributed by atoms with Crippen molar-refractivity contribution in [3.05, 3.63) is 71.0 Å². The van der Waals surface area contributed by atoms with Crippen LogP contribution in [0.5, 0.6) is 11.5 Å². The second kappa shape index (κ2) is 8.93. The molecule has 2 aliphatic rings. The van der Waals surface area contributed by atoms with Crippen molar-refractivity contribution in [1.82, 2.24) is 4.90 Å². The molecule has 1 aliphatic heterocycles. The van der Waals surface area contributed by atoms with Gasteiger partial charge in [-0.2, -0.15) is 0 Å². The van der Waals surface area contributed by atoms with E-state index in [0.717, 1.165) is 31.2 Å². The second-order valence-electron chi connectivity index (χ2n) is 9.72. The van der Waals surface area contributed by atoms with Crippen molar-refractivity contribution in [2.75, 3.05) is 6.54 Å². The first kappa shape index (κ1) is 22.9. The zero-order chi connectivity index (χ0) is 23.8. The Morgan fingerprint density at radius 1 is 1.06 bits per heavy atom. The summed E-state index contributed by atoms with van der Waals surface area (Å²) in [6.45, 7) is 4.13. The molecule has 174 valence electrons. The van der Waals surface area contributed by atoms with E-state index in [2.05, 4.69) is 12.1 Å². The van der Waals surface area contributed by atoms with Gasteiger partial charge >= 0.3 is 0 Å². The Hall–Kier alpha value is -3.28. The van der Waals surface area contributed by atoms with Crippen LogP contribution in [0.15, 0.2) is 59.9 Å². The fraction of sp³-hybridized carbons (Fsp3) is 0.407. The van der Waals surface area contributed by atoms with Gasteiger partial charge in [-0.15, -0.1) is 0 Å². The predicted octanol–water partition coefficient (Wildman–Crippen LogP) is 4.92. The molecule has 3 N–H and O–H groups in total. The van der Waals surface area contributed by atoms with Crippen LogP contribution >= 0.6 is 0 Å². The Bertz CT molecular complexity index is 1080. The molecule has 1 saturated carbocycles. The van der Waals surface area contributed by atoms with Gasteiger partial charge in [-0.25, -0.2) is 0 Å². The summed E-state index contributed by atoms with van der Waals surface area (Å²) in [5.74, 6) is -1.74. The van der Waals surface area contributed by atoms with Gasteiger partial charge in [0.25, 0.3) is 5.91 Å². The molecule has 2 aromatic rings. The first-order valence-corrected chi connectivity index (χ1v) is 11.6. The summed E-state index contributed by atoms with van der Waals surface area (Å²) in [6.07, 6.45) is 4.03. The lowest BCUT2D eigenvalue weighted by Gasteiger charge is -2.37. The summed E-state index contributed by atoms with van der Waals surface area (Å²) < 4.78 is 0. The lowest BCUT2D eigenvalue weighted by molar-refractivity contribution is -0.130. The number of hydrogen-bond acceptors (Lipinski definition) is 5.